The number of benzene rings is 2. The third-order valence-corrected chi connectivity index (χ3v) is 6.13. The standard InChI is InChI=1S/C15H14BrNO5S/c1-9-13(16)7-10(15(19)20)8-14(9)23(21,22)17(2)11-3-5-12(18)6-4-11/h3-8,18H,1-2H3,(H,19,20). The second kappa shape index (κ2) is 6.21. The largest absolute Gasteiger partial charge is 0.508 e. The number of nitrogens with zero attached hydrogens (tertiary/aromatic N) is 1. The van der Waals surface area contributed by atoms with Crippen molar-refractivity contribution in [3.05, 3.63) is 52.0 Å². The number of aromatic carboxylic acids is 1. The zero-order chi connectivity index (χ0) is 17.4. The lowest BCUT2D eigenvalue weighted by Gasteiger charge is -2.21. The molecule has 122 valence electrons. The van der Waals surface area contributed by atoms with E-state index in [9.17, 15) is 18.3 Å². The Morgan fingerprint density at radius 2 is 1.74 bits per heavy atom. The number of sulfonamides is 1. The Kier molecular flexibility index (Phi) is 4.67. The fraction of sp³-hybridized carbons (Fsp3) is 0.133. The molecule has 0 aliphatic heterocycles. The summed E-state index contributed by atoms with van der Waals surface area (Å²) in [6.45, 7) is 1.59. The molecule has 0 aliphatic carbocycles. The van der Waals surface area contributed by atoms with Crippen LogP contribution in [0.25, 0.3) is 0 Å². The average molecular weight is 400 g/mol. The van der Waals surface area contributed by atoms with Crippen molar-refractivity contribution < 1.29 is 23.4 Å². The molecule has 0 fully saturated rings. The molecule has 0 bridgehead atoms. The lowest BCUT2D eigenvalue weighted by Crippen LogP contribution is -2.27. The third-order valence-electron chi connectivity index (χ3n) is 3.40. The summed E-state index contributed by atoms with van der Waals surface area (Å²) in [7, 11) is -2.59. The van der Waals surface area contributed by atoms with Gasteiger partial charge in [0.15, 0.2) is 0 Å². The Morgan fingerprint density at radius 3 is 2.26 bits per heavy atom. The highest BCUT2D eigenvalue weighted by molar-refractivity contribution is 9.10. The number of aromatic hydroxyl groups is 1. The summed E-state index contributed by atoms with van der Waals surface area (Å²) in [5.74, 6) is -1.19. The highest BCUT2D eigenvalue weighted by Crippen LogP contribution is 2.30. The van der Waals surface area contributed by atoms with Crippen molar-refractivity contribution in [3.8, 4) is 5.75 Å². The van der Waals surface area contributed by atoms with Crippen molar-refractivity contribution in [3.63, 3.8) is 0 Å². The zero-order valence-corrected chi connectivity index (χ0v) is 14.7. The van der Waals surface area contributed by atoms with Gasteiger partial charge in [0, 0.05) is 11.5 Å². The molecule has 0 saturated heterocycles. The SMILES string of the molecule is Cc1c(Br)cc(C(=O)O)cc1S(=O)(=O)N(C)c1ccc(O)cc1. The average Bonchev–Trinajstić information content (AvgIpc) is 2.49. The van der Waals surface area contributed by atoms with Crippen molar-refractivity contribution in [1.82, 2.24) is 0 Å². The van der Waals surface area contributed by atoms with Gasteiger partial charge in [-0.25, -0.2) is 13.2 Å². The third kappa shape index (κ3) is 3.32. The molecule has 0 heterocycles. The first-order valence-electron chi connectivity index (χ1n) is 6.46. The first kappa shape index (κ1) is 17.3. The maximum atomic E-state index is 12.8. The maximum Gasteiger partial charge on any atom is 0.335 e. The number of carboxylic acid groups (broad SMARTS) is 1. The van der Waals surface area contributed by atoms with E-state index in [4.69, 9.17) is 5.11 Å². The Hall–Kier alpha value is -2.06. The number of halogens is 1. The van der Waals surface area contributed by atoms with Crippen LogP contribution >= 0.6 is 15.9 Å². The molecular formula is C15H14BrNO5S. The molecule has 0 aliphatic rings. The molecule has 0 radical (unpaired) electrons. The van der Waals surface area contributed by atoms with Crippen LogP contribution in [0.1, 0.15) is 15.9 Å². The minimum atomic E-state index is -3.96. The van der Waals surface area contributed by atoms with E-state index in [1.807, 2.05) is 0 Å². The van der Waals surface area contributed by atoms with E-state index in [2.05, 4.69) is 15.9 Å². The molecule has 0 saturated carbocycles. The van der Waals surface area contributed by atoms with E-state index in [0.717, 1.165) is 10.4 Å². The molecule has 23 heavy (non-hydrogen) atoms. The van der Waals surface area contributed by atoms with Gasteiger partial charge in [-0.15, -0.1) is 0 Å². The zero-order valence-electron chi connectivity index (χ0n) is 12.3. The highest BCUT2D eigenvalue weighted by Gasteiger charge is 2.26. The van der Waals surface area contributed by atoms with Gasteiger partial charge in [0.25, 0.3) is 10.0 Å². The van der Waals surface area contributed by atoms with E-state index >= 15 is 0 Å². The number of phenols is 1. The van der Waals surface area contributed by atoms with Crippen LogP contribution in [0.3, 0.4) is 0 Å². The first-order chi connectivity index (χ1) is 10.6. The molecular weight excluding hydrogens is 386 g/mol. The van der Waals surface area contributed by atoms with Crippen LogP contribution in [0.5, 0.6) is 5.75 Å². The van der Waals surface area contributed by atoms with E-state index in [-0.39, 0.29) is 16.2 Å². The summed E-state index contributed by atoms with van der Waals surface area (Å²) in [5, 5.41) is 18.4. The van der Waals surface area contributed by atoms with Crippen LogP contribution < -0.4 is 4.31 Å². The van der Waals surface area contributed by atoms with Gasteiger partial charge in [-0.2, -0.15) is 0 Å². The van der Waals surface area contributed by atoms with Crippen molar-refractivity contribution in [2.75, 3.05) is 11.4 Å². The molecule has 2 aromatic rings. The van der Waals surface area contributed by atoms with Crippen LogP contribution in [-0.4, -0.2) is 31.6 Å². The number of carboxylic acids is 1. The smallest absolute Gasteiger partial charge is 0.335 e. The van der Waals surface area contributed by atoms with Crippen LogP contribution in [0, 0.1) is 6.92 Å². The number of hydrogen-bond acceptors (Lipinski definition) is 4. The number of hydrogen-bond donors (Lipinski definition) is 2. The quantitative estimate of drug-likeness (QED) is 0.823. The molecule has 2 rings (SSSR count). The summed E-state index contributed by atoms with van der Waals surface area (Å²) in [5.41, 5.74) is 0.639. The summed E-state index contributed by atoms with van der Waals surface area (Å²) in [6.07, 6.45) is 0. The fourth-order valence-corrected chi connectivity index (χ4v) is 4.05. The van der Waals surface area contributed by atoms with Gasteiger partial charge < -0.3 is 10.2 Å². The van der Waals surface area contributed by atoms with Gasteiger partial charge in [0.05, 0.1) is 16.1 Å². The minimum absolute atomic E-state index is 0.0198. The highest BCUT2D eigenvalue weighted by atomic mass is 79.9. The Bertz CT molecular complexity index is 862. The summed E-state index contributed by atoms with van der Waals surface area (Å²) in [6, 6.07) is 8.15. The molecule has 8 heteroatoms. The maximum absolute atomic E-state index is 12.8. The van der Waals surface area contributed by atoms with E-state index < -0.39 is 16.0 Å². The van der Waals surface area contributed by atoms with Gasteiger partial charge in [-0.05, 0) is 48.9 Å². The molecule has 0 aromatic heterocycles. The van der Waals surface area contributed by atoms with Gasteiger partial charge in [0.1, 0.15) is 5.75 Å². The van der Waals surface area contributed by atoms with E-state index in [1.165, 1.54) is 37.4 Å². The van der Waals surface area contributed by atoms with Crippen molar-refractivity contribution >= 4 is 37.6 Å². The van der Waals surface area contributed by atoms with Crippen LogP contribution in [0.4, 0.5) is 5.69 Å². The fourth-order valence-electron chi connectivity index (χ4n) is 1.99. The molecule has 2 aromatic carbocycles. The topological polar surface area (TPSA) is 94.9 Å². The van der Waals surface area contributed by atoms with Gasteiger partial charge >= 0.3 is 5.97 Å². The molecule has 0 spiro atoms. The predicted molar refractivity (Wildman–Crippen MR) is 89.5 cm³/mol. The molecule has 0 atom stereocenters. The monoisotopic (exact) mass is 399 g/mol. The number of anilines is 1. The second-order valence-electron chi connectivity index (χ2n) is 4.88. The lowest BCUT2D eigenvalue weighted by atomic mass is 10.1. The van der Waals surface area contributed by atoms with Gasteiger partial charge in [-0.1, -0.05) is 15.9 Å². The van der Waals surface area contributed by atoms with Crippen LogP contribution in [-0.2, 0) is 10.0 Å². The lowest BCUT2D eigenvalue weighted by molar-refractivity contribution is 0.0696. The number of phenolic OH excluding ortho intramolecular Hbond substituents is 1. The van der Waals surface area contributed by atoms with Crippen molar-refractivity contribution in [2.45, 2.75) is 11.8 Å². The predicted octanol–water partition coefficient (Wildman–Crippen LogP) is 2.99. The van der Waals surface area contributed by atoms with E-state index in [1.54, 1.807) is 6.92 Å². The van der Waals surface area contributed by atoms with Gasteiger partial charge in [-0.3, -0.25) is 4.31 Å². The van der Waals surface area contributed by atoms with Crippen molar-refractivity contribution in [2.24, 2.45) is 0 Å². The van der Waals surface area contributed by atoms with E-state index in [0.29, 0.717) is 15.7 Å². The van der Waals surface area contributed by atoms with Crippen molar-refractivity contribution in [1.29, 1.82) is 0 Å². The van der Waals surface area contributed by atoms with Crippen LogP contribution in [0.2, 0.25) is 0 Å². The summed E-state index contributed by atoms with van der Waals surface area (Å²) >= 11 is 3.19. The molecule has 2 N–H and O–H groups in total. The molecule has 0 unspecified atom stereocenters. The summed E-state index contributed by atoms with van der Waals surface area (Å²) < 4.78 is 27.1. The number of carbonyl (C=O) groups is 1. The minimum Gasteiger partial charge on any atom is -0.508 e. The van der Waals surface area contributed by atoms with Gasteiger partial charge in [0.2, 0.25) is 0 Å². The Balaban J connectivity index is 2.59. The van der Waals surface area contributed by atoms with Crippen LogP contribution in [0.15, 0.2) is 45.8 Å². The Morgan fingerprint density at radius 1 is 1.17 bits per heavy atom. The summed E-state index contributed by atoms with van der Waals surface area (Å²) in [4.78, 5) is 11.1. The molecule has 0 amide bonds. The number of rotatable bonds is 4. The Labute approximate surface area is 142 Å². The second-order valence-corrected chi connectivity index (χ2v) is 7.67. The first-order valence-corrected chi connectivity index (χ1v) is 8.69. The molecule has 6 nitrogen and oxygen atoms in total. The normalized spacial score (nSPS) is 11.3.